The van der Waals surface area contributed by atoms with Gasteiger partial charge in [0.25, 0.3) is 0 Å². The van der Waals surface area contributed by atoms with Crippen molar-refractivity contribution in [1.82, 2.24) is 30.4 Å². The van der Waals surface area contributed by atoms with Gasteiger partial charge in [-0.05, 0) is 25.5 Å². The van der Waals surface area contributed by atoms with Crippen LogP contribution in [-0.2, 0) is 0 Å². The number of para-hydroxylation sites is 1. The minimum Gasteiger partial charge on any atom is -0.368 e. The summed E-state index contributed by atoms with van der Waals surface area (Å²) in [6.45, 7) is 7.77. The van der Waals surface area contributed by atoms with E-state index in [4.69, 9.17) is 9.97 Å². The van der Waals surface area contributed by atoms with Gasteiger partial charge in [-0.3, -0.25) is 0 Å². The van der Waals surface area contributed by atoms with E-state index < -0.39 is 0 Å². The Morgan fingerprint density at radius 1 is 1.11 bits per heavy atom. The molecule has 2 amide bonds. The number of carbonyl (C=O) groups excluding carboxylic acids is 1. The molecule has 0 spiro atoms. The maximum absolute atomic E-state index is 11.5. The van der Waals surface area contributed by atoms with E-state index in [2.05, 4.69) is 34.9 Å². The van der Waals surface area contributed by atoms with Crippen LogP contribution in [0.15, 0.2) is 36.5 Å². The van der Waals surface area contributed by atoms with Crippen molar-refractivity contribution >= 4 is 22.9 Å². The summed E-state index contributed by atoms with van der Waals surface area (Å²) in [4.78, 5) is 21.0. The SMILES string of the molecule is CCNC(=O)NCCNc1nc([C@H](C)CC)nc2c1cnn2-c1ccccc1. The number of hydrogen-bond acceptors (Lipinski definition) is 5. The molecule has 28 heavy (non-hydrogen) atoms. The fourth-order valence-corrected chi connectivity index (χ4v) is 2.80. The third-order valence-corrected chi connectivity index (χ3v) is 4.54. The highest BCUT2D eigenvalue weighted by Crippen LogP contribution is 2.26. The predicted octanol–water partition coefficient (Wildman–Crippen LogP) is 3.06. The first kappa shape index (κ1) is 19.6. The Labute approximate surface area is 164 Å². The average molecular weight is 381 g/mol. The van der Waals surface area contributed by atoms with Crippen LogP contribution >= 0.6 is 0 Å². The molecule has 8 nitrogen and oxygen atoms in total. The number of benzene rings is 1. The van der Waals surface area contributed by atoms with Gasteiger partial charge in [0.15, 0.2) is 5.65 Å². The Hall–Kier alpha value is -3.16. The molecule has 0 saturated heterocycles. The molecule has 0 fully saturated rings. The van der Waals surface area contributed by atoms with Crippen LogP contribution in [0.5, 0.6) is 0 Å². The fraction of sp³-hybridized carbons (Fsp3) is 0.400. The Kier molecular flexibility index (Phi) is 6.41. The van der Waals surface area contributed by atoms with Crippen molar-refractivity contribution in [2.24, 2.45) is 0 Å². The molecule has 1 atom stereocenters. The summed E-state index contributed by atoms with van der Waals surface area (Å²) in [5.74, 6) is 1.75. The fourth-order valence-electron chi connectivity index (χ4n) is 2.80. The van der Waals surface area contributed by atoms with Crippen LogP contribution in [0.4, 0.5) is 10.6 Å². The summed E-state index contributed by atoms with van der Waals surface area (Å²) in [5.41, 5.74) is 1.73. The van der Waals surface area contributed by atoms with Gasteiger partial charge in [0.1, 0.15) is 11.6 Å². The third-order valence-electron chi connectivity index (χ3n) is 4.54. The zero-order chi connectivity index (χ0) is 19.9. The van der Waals surface area contributed by atoms with Crippen LogP contribution in [-0.4, -0.2) is 45.4 Å². The Bertz CT molecular complexity index is 923. The van der Waals surface area contributed by atoms with E-state index in [1.54, 1.807) is 6.20 Å². The molecule has 148 valence electrons. The van der Waals surface area contributed by atoms with E-state index >= 15 is 0 Å². The van der Waals surface area contributed by atoms with Gasteiger partial charge < -0.3 is 16.0 Å². The van der Waals surface area contributed by atoms with Crippen LogP contribution in [0.1, 0.15) is 38.9 Å². The van der Waals surface area contributed by atoms with Crippen molar-refractivity contribution in [1.29, 1.82) is 0 Å². The molecule has 1 aromatic carbocycles. The predicted molar refractivity (Wildman–Crippen MR) is 111 cm³/mol. The van der Waals surface area contributed by atoms with Crippen molar-refractivity contribution in [3.05, 3.63) is 42.4 Å². The van der Waals surface area contributed by atoms with Gasteiger partial charge in [-0.1, -0.05) is 32.0 Å². The first-order valence-electron chi connectivity index (χ1n) is 9.70. The number of nitrogens with one attached hydrogen (secondary N) is 3. The molecule has 3 rings (SSSR count). The number of nitrogens with zero attached hydrogens (tertiary/aromatic N) is 4. The number of fused-ring (bicyclic) bond motifs is 1. The molecule has 3 aromatic rings. The lowest BCUT2D eigenvalue weighted by atomic mass is 10.1. The number of hydrogen-bond donors (Lipinski definition) is 3. The quantitative estimate of drug-likeness (QED) is 0.521. The number of urea groups is 1. The van der Waals surface area contributed by atoms with E-state index in [0.29, 0.717) is 19.6 Å². The molecule has 3 N–H and O–H groups in total. The number of carbonyl (C=O) groups is 1. The molecule has 0 radical (unpaired) electrons. The maximum atomic E-state index is 11.5. The third kappa shape index (κ3) is 4.39. The van der Waals surface area contributed by atoms with Gasteiger partial charge >= 0.3 is 6.03 Å². The standard InChI is InChI=1S/C20H27N7O/c1-4-14(3)17-25-18(22-11-12-23-20(28)21-5-2)16-13-24-27(19(16)26-17)15-9-7-6-8-10-15/h6-10,13-14H,4-5,11-12H2,1-3H3,(H2,21,23,28)(H,22,25,26)/t14-/m1/s1. The summed E-state index contributed by atoms with van der Waals surface area (Å²) in [7, 11) is 0. The molecule has 2 heterocycles. The lowest BCUT2D eigenvalue weighted by molar-refractivity contribution is 0.242. The minimum absolute atomic E-state index is 0.172. The summed E-state index contributed by atoms with van der Waals surface area (Å²) in [5, 5.41) is 14.2. The normalized spacial score (nSPS) is 12.0. The van der Waals surface area contributed by atoms with Crippen LogP contribution in [0, 0.1) is 0 Å². The molecule has 0 saturated carbocycles. The second kappa shape index (κ2) is 9.16. The zero-order valence-corrected chi connectivity index (χ0v) is 16.6. The second-order valence-electron chi connectivity index (χ2n) is 6.58. The summed E-state index contributed by atoms with van der Waals surface area (Å²) >= 11 is 0. The smallest absolute Gasteiger partial charge is 0.314 e. The summed E-state index contributed by atoms with van der Waals surface area (Å²) < 4.78 is 1.83. The van der Waals surface area contributed by atoms with Crippen LogP contribution in [0.3, 0.4) is 0 Å². The van der Waals surface area contributed by atoms with E-state index in [1.807, 2.05) is 41.9 Å². The van der Waals surface area contributed by atoms with Crippen molar-refractivity contribution in [3.8, 4) is 5.69 Å². The summed E-state index contributed by atoms with van der Waals surface area (Å²) in [6, 6.07) is 9.76. The Morgan fingerprint density at radius 3 is 2.61 bits per heavy atom. The van der Waals surface area contributed by atoms with E-state index in [9.17, 15) is 4.79 Å². The lowest BCUT2D eigenvalue weighted by Crippen LogP contribution is -2.37. The molecule has 2 aromatic heterocycles. The van der Waals surface area contributed by atoms with Gasteiger partial charge in [-0.25, -0.2) is 19.4 Å². The maximum Gasteiger partial charge on any atom is 0.314 e. The highest BCUT2D eigenvalue weighted by molar-refractivity contribution is 5.87. The first-order chi connectivity index (χ1) is 13.6. The van der Waals surface area contributed by atoms with Gasteiger partial charge in [-0.15, -0.1) is 0 Å². The van der Waals surface area contributed by atoms with E-state index in [-0.39, 0.29) is 11.9 Å². The molecular weight excluding hydrogens is 354 g/mol. The molecule has 0 unspecified atom stereocenters. The topological polar surface area (TPSA) is 96.8 Å². The Balaban J connectivity index is 1.88. The monoisotopic (exact) mass is 381 g/mol. The van der Waals surface area contributed by atoms with Crippen LogP contribution in [0.2, 0.25) is 0 Å². The van der Waals surface area contributed by atoms with Gasteiger partial charge in [0, 0.05) is 25.6 Å². The molecule has 0 aliphatic carbocycles. The van der Waals surface area contributed by atoms with Crippen molar-refractivity contribution < 1.29 is 4.79 Å². The molecular formula is C20H27N7O. The van der Waals surface area contributed by atoms with Crippen LogP contribution in [0.25, 0.3) is 16.7 Å². The summed E-state index contributed by atoms with van der Waals surface area (Å²) in [6.07, 6.45) is 2.73. The number of rotatable bonds is 8. The average Bonchev–Trinajstić information content (AvgIpc) is 3.15. The number of anilines is 1. The molecule has 0 aliphatic rings. The van der Waals surface area contributed by atoms with Crippen LogP contribution < -0.4 is 16.0 Å². The number of amides is 2. The lowest BCUT2D eigenvalue weighted by Gasteiger charge is -2.13. The van der Waals surface area contributed by atoms with Crippen molar-refractivity contribution in [2.45, 2.75) is 33.1 Å². The molecule has 0 aliphatic heterocycles. The van der Waals surface area contributed by atoms with E-state index in [1.165, 1.54) is 0 Å². The molecule has 0 bridgehead atoms. The van der Waals surface area contributed by atoms with Crippen molar-refractivity contribution in [3.63, 3.8) is 0 Å². The van der Waals surface area contributed by atoms with Crippen molar-refractivity contribution in [2.75, 3.05) is 25.0 Å². The Morgan fingerprint density at radius 2 is 1.89 bits per heavy atom. The van der Waals surface area contributed by atoms with Gasteiger partial charge in [0.05, 0.1) is 17.3 Å². The molecule has 8 heteroatoms. The highest BCUT2D eigenvalue weighted by atomic mass is 16.2. The zero-order valence-electron chi connectivity index (χ0n) is 16.6. The van der Waals surface area contributed by atoms with E-state index in [0.717, 1.165) is 34.8 Å². The second-order valence-corrected chi connectivity index (χ2v) is 6.58. The highest BCUT2D eigenvalue weighted by Gasteiger charge is 2.16. The first-order valence-corrected chi connectivity index (χ1v) is 9.70. The van der Waals surface area contributed by atoms with Gasteiger partial charge in [-0.2, -0.15) is 5.10 Å². The van der Waals surface area contributed by atoms with Gasteiger partial charge in [0.2, 0.25) is 0 Å². The minimum atomic E-state index is -0.172. The largest absolute Gasteiger partial charge is 0.368 e. The number of aromatic nitrogens is 4.